The van der Waals surface area contributed by atoms with Gasteiger partial charge in [0.25, 0.3) is 0 Å². The molecule has 2 aromatic rings. The van der Waals surface area contributed by atoms with Gasteiger partial charge in [0.05, 0.1) is 10.9 Å². The van der Waals surface area contributed by atoms with Crippen LogP contribution in [0.5, 0.6) is 0 Å². The maximum atomic E-state index is 15.7. The lowest BCUT2D eigenvalue weighted by molar-refractivity contribution is -0.136. The highest BCUT2D eigenvalue weighted by Crippen LogP contribution is 2.48. The first-order valence-corrected chi connectivity index (χ1v) is 17.9. The van der Waals surface area contributed by atoms with Gasteiger partial charge in [-0.25, -0.2) is 8.78 Å². The molecule has 0 spiro atoms. The molecular formula is C37H50F2N4O3S. The number of piperidine rings is 1. The van der Waals surface area contributed by atoms with E-state index in [1.54, 1.807) is 11.0 Å². The third-order valence-corrected chi connectivity index (χ3v) is 11.2. The zero-order valence-corrected chi connectivity index (χ0v) is 29.5. The van der Waals surface area contributed by atoms with Crippen LogP contribution in [-0.4, -0.2) is 88.9 Å². The Hall–Kier alpha value is -2.98. The van der Waals surface area contributed by atoms with Crippen LogP contribution in [-0.2, 0) is 9.59 Å². The molecule has 0 aromatic heterocycles. The van der Waals surface area contributed by atoms with E-state index < -0.39 is 10.6 Å². The summed E-state index contributed by atoms with van der Waals surface area (Å²) in [7, 11) is 0. The van der Waals surface area contributed by atoms with Gasteiger partial charge in [-0.15, -0.1) is 11.8 Å². The average molecular weight is 669 g/mol. The number of Topliss-reactive ketones (excluding diaryl/α,β-unsaturated/α-hetero) is 1. The molecule has 0 radical (unpaired) electrons. The maximum Gasteiger partial charge on any atom is 0.237 e. The van der Waals surface area contributed by atoms with Gasteiger partial charge in [0.1, 0.15) is 17.0 Å². The first kappa shape index (κ1) is 35.3. The zero-order valence-electron chi connectivity index (χ0n) is 28.7. The van der Waals surface area contributed by atoms with Gasteiger partial charge in [-0.1, -0.05) is 32.9 Å². The van der Waals surface area contributed by atoms with E-state index in [2.05, 4.69) is 51.3 Å². The van der Waals surface area contributed by atoms with E-state index >= 15 is 4.39 Å². The average Bonchev–Trinajstić information content (AvgIpc) is 3.33. The minimum Gasteiger partial charge on any atom is -0.366 e. The molecule has 2 amide bonds. The summed E-state index contributed by atoms with van der Waals surface area (Å²) in [6, 6.07) is 10.8. The Morgan fingerprint density at radius 1 is 0.872 bits per heavy atom. The minimum absolute atomic E-state index is 0.00680. The molecule has 2 aromatic carbocycles. The summed E-state index contributed by atoms with van der Waals surface area (Å²) < 4.78 is 29.0. The van der Waals surface area contributed by atoms with Crippen LogP contribution in [0.1, 0.15) is 88.5 Å². The molecule has 3 aliphatic heterocycles. The van der Waals surface area contributed by atoms with Gasteiger partial charge in [-0.2, -0.15) is 0 Å². The smallest absolute Gasteiger partial charge is 0.237 e. The van der Waals surface area contributed by atoms with Gasteiger partial charge >= 0.3 is 0 Å². The maximum absolute atomic E-state index is 15.7. The number of carbonyl (C=O) groups excluding carboxylic acids is 3. The second-order valence-corrected chi connectivity index (χ2v) is 16.7. The van der Waals surface area contributed by atoms with Crippen molar-refractivity contribution in [3.63, 3.8) is 0 Å². The molecule has 0 bridgehead atoms. The molecule has 7 nitrogen and oxygen atoms in total. The van der Waals surface area contributed by atoms with Crippen LogP contribution in [0.25, 0.3) is 0 Å². The van der Waals surface area contributed by atoms with Crippen LogP contribution < -0.4 is 4.90 Å². The zero-order chi connectivity index (χ0) is 34.1. The molecule has 3 fully saturated rings. The Morgan fingerprint density at radius 3 is 2.11 bits per heavy atom. The first-order valence-electron chi connectivity index (χ1n) is 16.9. The fraction of sp³-hybridized carbons (Fsp3) is 0.595. The van der Waals surface area contributed by atoms with Gasteiger partial charge in [-0.3, -0.25) is 19.3 Å². The lowest BCUT2D eigenvalue weighted by Gasteiger charge is -2.43. The van der Waals surface area contributed by atoms with Crippen LogP contribution in [0.4, 0.5) is 14.5 Å². The summed E-state index contributed by atoms with van der Waals surface area (Å²) in [6.45, 7) is 17.5. The van der Waals surface area contributed by atoms with Gasteiger partial charge < -0.3 is 14.7 Å². The monoisotopic (exact) mass is 668 g/mol. The van der Waals surface area contributed by atoms with Crippen molar-refractivity contribution in [1.82, 2.24) is 14.7 Å². The van der Waals surface area contributed by atoms with Gasteiger partial charge in [0.2, 0.25) is 11.8 Å². The van der Waals surface area contributed by atoms with Gasteiger partial charge in [0, 0.05) is 74.8 Å². The van der Waals surface area contributed by atoms with E-state index in [-0.39, 0.29) is 52.5 Å². The van der Waals surface area contributed by atoms with Crippen molar-refractivity contribution >= 4 is 35.0 Å². The largest absolute Gasteiger partial charge is 0.366 e. The van der Waals surface area contributed by atoms with Crippen LogP contribution in [0.15, 0.2) is 42.5 Å². The summed E-state index contributed by atoms with van der Waals surface area (Å²) in [5.74, 6) is -1.09. The first-order chi connectivity index (χ1) is 22.1. The second kappa shape index (κ2) is 14.2. The number of benzene rings is 2. The number of amides is 2. The molecule has 0 saturated carbocycles. The molecule has 10 heteroatoms. The highest BCUT2D eigenvalue weighted by molar-refractivity contribution is 8.01. The van der Waals surface area contributed by atoms with Gasteiger partial charge in [0.15, 0.2) is 5.78 Å². The summed E-state index contributed by atoms with van der Waals surface area (Å²) in [5.41, 5.74) is 1.86. The van der Waals surface area contributed by atoms with Crippen molar-refractivity contribution < 1.29 is 23.2 Å². The third-order valence-electron chi connectivity index (χ3n) is 9.77. The van der Waals surface area contributed by atoms with Crippen LogP contribution in [0.2, 0.25) is 0 Å². The molecule has 1 unspecified atom stereocenters. The third kappa shape index (κ3) is 8.37. The van der Waals surface area contributed by atoms with Crippen molar-refractivity contribution in [3.8, 4) is 0 Å². The van der Waals surface area contributed by atoms with Gasteiger partial charge in [-0.05, 0) is 75.8 Å². The fourth-order valence-electron chi connectivity index (χ4n) is 6.84. The fourth-order valence-corrected chi connectivity index (χ4v) is 8.34. The highest BCUT2D eigenvalue weighted by atomic mass is 32.2. The van der Waals surface area contributed by atoms with Crippen LogP contribution in [0.3, 0.4) is 0 Å². The topological polar surface area (TPSA) is 64.2 Å². The predicted octanol–water partition coefficient (Wildman–Crippen LogP) is 6.78. The minimum atomic E-state index is -0.570. The van der Waals surface area contributed by atoms with Crippen molar-refractivity contribution in [2.75, 3.05) is 50.7 Å². The number of hydrogen-bond acceptors (Lipinski definition) is 6. The Morgan fingerprint density at radius 2 is 1.51 bits per heavy atom. The molecule has 2 atom stereocenters. The summed E-state index contributed by atoms with van der Waals surface area (Å²) in [5, 5.41) is -0.965. The van der Waals surface area contributed by atoms with Crippen LogP contribution in [0, 0.1) is 23.0 Å². The van der Waals surface area contributed by atoms with Crippen LogP contribution >= 0.6 is 11.8 Å². The van der Waals surface area contributed by atoms with Crippen molar-refractivity contribution in [2.24, 2.45) is 11.3 Å². The number of hydrogen-bond donors (Lipinski definition) is 0. The number of likely N-dealkylation sites (tertiary alicyclic amines) is 1. The van der Waals surface area contributed by atoms with E-state index in [9.17, 15) is 18.8 Å². The Labute approximate surface area is 283 Å². The molecule has 256 valence electrons. The van der Waals surface area contributed by atoms with E-state index in [1.807, 2.05) is 11.0 Å². The molecule has 0 N–H and O–H groups in total. The summed E-state index contributed by atoms with van der Waals surface area (Å²) in [6.07, 6.45) is 1.91. The number of para-hydroxylation sites is 1. The number of halogens is 2. The van der Waals surface area contributed by atoms with Crippen molar-refractivity contribution in [1.29, 1.82) is 0 Å². The SMILES string of the molecule is CC(C)(C)CCN1C(=O)[C@H](CC(=O)N2CCC(C(=O)c3ccc(F)cc3)CC2)SC1c1cccc(F)c1N1CCN(C(C)(C)C)CC1. The molecule has 0 aliphatic carbocycles. The molecule has 3 heterocycles. The molecular weight excluding hydrogens is 618 g/mol. The lowest BCUT2D eigenvalue weighted by atomic mass is 9.88. The van der Waals surface area contributed by atoms with E-state index in [0.29, 0.717) is 56.8 Å². The Bertz CT molecular complexity index is 1440. The van der Waals surface area contributed by atoms with E-state index in [0.717, 1.165) is 25.1 Å². The quantitative estimate of drug-likeness (QED) is 0.289. The normalized spacial score (nSPS) is 21.9. The highest BCUT2D eigenvalue weighted by Gasteiger charge is 2.44. The lowest BCUT2D eigenvalue weighted by Crippen LogP contribution is -2.53. The number of rotatable bonds is 8. The van der Waals surface area contributed by atoms with E-state index in [4.69, 9.17) is 0 Å². The molecule has 47 heavy (non-hydrogen) atoms. The summed E-state index contributed by atoms with van der Waals surface area (Å²) >= 11 is 1.46. The number of piperazine rings is 1. The standard InChI is InChI=1S/C37H50F2N4O3S/c1-36(2,3)16-19-43-34(46)30(24-31(44)40-17-14-26(15-18-40)33(45)25-10-12-27(38)13-11-25)47-35(43)28-8-7-9-29(39)32(28)41-20-22-42(23-21-41)37(4,5)6/h7-13,26,30,35H,14-24H2,1-6H3/t30-,35?/m0/s1. The molecule has 3 saturated heterocycles. The number of anilines is 1. The van der Waals surface area contributed by atoms with E-state index in [1.165, 1.54) is 42.1 Å². The van der Waals surface area contributed by atoms with Crippen molar-refractivity contribution in [3.05, 3.63) is 65.2 Å². The Kier molecular flexibility index (Phi) is 10.7. The number of thioether (sulfide) groups is 1. The number of nitrogens with zero attached hydrogens (tertiary/aromatic N) is 4. The summed E-state index contributed by atoms with van der Waals surface area (Å²) in [4.78, 5) is 48.7. The van der Waals surface area contributed by atoms with Crippen molar-refractivity contribution in [2.45, 2.75) is 83.4 Å². The number of carbonyl (C=O) groups is 3. The molecule has 3 aliphatic rings. The predicted molar refractivity (Wildman–Crippen MR) is 184 cm³/mol. The molecule has 5 rings (SSSR count). The number of ketones is 1. The second-order valence-electron chi connectivity index (χ2n) is 15.4. The Balaban J connectivity index is 1.30.